The highest BCUT2D eigenvalue weighted by molar-refractivity contribution is 5.95. The number of carbonyl (C=O) groups excluding carboxylic acids is 1. The van der Waals surface area contributed by atoms with Crippen molar-refractivity contribution in [2.75, 3.05) is 0 Å². The summed E-state index contributed by atoms with van der Waals surface area (Å²) in [5, 5.41) is 3.88. The van der Waals surface area contributed by atoms with Crippen LogP contribution in [0.3, 0.4) is 0 Å². The van der Waals surface area contributed by atoms with E-state index in [1.165, 1.54) is 30.5 Å². The van der Waals surface area contributed by atoms with Gasteiger partial charge in [0.2, 0.25) is 0 Å². The third kappa shape index (κ3) is 2.66. The molecule has 2 heterocycles. The summed E-state index contributed by atoms with van der Waals surface area (Å²) in [6.07, 6.45) is 1.41. The number of benzene rings is 1. The first kappa shape index (κ1) is 13.0. The van der Waals surface area contributed by atoms with E-state index in [9.17, 15) is 14.0 Å². The zero-order valence-electron chi connectivity index (χ0n) is 10.7. The number of rotatable bonds is 4. The molecular formula is C14H9FN2O4. The van der Waals surface area contributed by atoms with E-state index < -0.39 is 11.6 Å². The van der Waals surface area contributed by atoms with Gasteiger partial charge in [0.1, 0.15) is 12.4 Å². The second kappa shape index (κ2) is 5.20. The second-order valence-corrected chi connectivity index (χ2v) is 4.24. The van der Waals surface area contributed by atoms with Crippen molar-refractivity contribution in [1.29, 1.82) is 0 Å². The van der Waals surface area contributed by atoms with Gasteiger partial charge >= 0.3 is 5.76 Å². The zero-order valence-corrected chi connectivity index (χ0v) is 10.7. The lowest BCUT2D eigenvalue weighted by atomic mass is 10.1. The number of Topliss-reactive ketones (excluding diaryl/α,β-unsaturated/α-hetero) is 1. The van der Waals surface area contributed by atoms with Crippen LogP contribution in [0.4, 0.5) is 4.39 Å². The van der Waals surface area contributed by atoms with E-state index in [0.717, 1.165) is 4.68 Å². The molecule has 0 aliphatic heterocycles. The van der Waals surface area contributed by atoms with Gasteiger partial charge in [-0.25, -0.2) is 9.18 Å². The minimum absolute atomic E-state index is 0.00286. The van der Waals surface area contributed by atoms with Crippen molar-refractivity contribution in [3.8, 4) is 11.7 Å². The minimum Gasteiger partial charge on any atom is -0.459 e. The maximum atomic E-state index is 12.8. The van der Waals surface area contributed by atoms with Crippen LogP contribution in [0, 0.1) is 5.82 Å². The molecule has 106 valence electrons. The lowest BCUT2D eigenvalue weighted by Gasteiger charge is -1.99. The molecular weight excluding hydrogens is 279 g/mol. The second-order valence-electron chi connectivity index (χ2n) is 4.24. The minimum atomic E-state index is -0.767. The van der Waals surface area contributed by atoms with Gasteiger partial charge in [0.25, 0.3) is 5.89 Å². The molecule has 0 saturated heterocycles. The molecule has 0 spiro atoms. The van der Waals surface area contributed by atoms with Crippen LogP contribution < -0.4 is 5.76 Å². The zero-order chi connectivity index (χ0) is 14.8. The van der Waals surface area contributed by atoms with Gasteiger partial charge in [-0.15, -0.1) is 5.10 Å². The molecule has 0 saturated carbocycles. The van der Waals surface area contributed by atoms with Gasteiger partial charge in [0, 0.05) is 5.56 Å². The highest BCUT2D eigenvalue weighted by atomic mass is 19.1. The topological polar surface area (TPSA) is 78.2 Å². The summed E-state index contributed by atoms with van der Waals surface area (Å²) in [6.45, 7) is -0.297. The lowest BCUT2D eigenvalue weighted by Crippen LogP contribution is -2.21. The summed E-state index contributed by atoms with van der Waals surface area (Å²) >= 11 is 0. The molecule has 0 aliphatic rings. The fourth-order valence-corrected chi connectivity index (χ4v) is 1.77. The predicted molar refractivity (Wildman–Crippen MR) is 69.2 cm³/mol. The first-order valence-electron chi connectivity index (χ1n) is 6.04. The van der Waals surface area contributed by atoms with Crippen LogP contribution in [0.15, 0.2) is 56.3 Å². The molecule has 1 aromatic carbocycles. The molecule has 0 atom stereocenters. The van der Waals surface area contributed by atoms with E-state index >= 15 is 0 Å². The Morgan fingerprint density at radius 3 is 2.67 bits per heavy atom. The van der Waals surface area contributed by atoms with Crippen LogP contribution in [-0.4, -0.2) is 15.6 Å². The summed E-state index contributed by atoms with van der Waals surface area (Å²) in [7, 11) is 0. The molecule has 2 aromatic heterocycles. The molecule has 0 fully saturated rings. The number of aromatic nitrogens is 2. The Hall–Kier alpha value is -2.96. The van der Waals surface area contributed by atoms with Crippen LogP contribution in [0.5, 0.6) is 0 Å². The largest absolute Gasteiger partial charge is 0.459 e. The normalized spacial score (nSPS) is 10.7. The number of furan rings is 1. The third-order valence-electron chi connectivity index (χ3n) is 2.80. The van der Waals surface area contributed by atoms with Gasteiger partial charge in [-0.2, -0.15) is 4.68 Å². The van der Waals surface area contributed by atoms with Crippen molar-refractivity contribution >= 4 is 5.78 Å². The summed E-state index contributed by atoms with van der Waals surface area (Å²) in [5.74, 6) is -1.30. The number of nitrogens with zero attached hydrogens (tertiary/aromatic N) is 2. The summed E-state index contributed by atoms with van der Waals surface area (Å²) < 4.78 is 23.7. The molecule has 0 radical (unpaired) electrons. The van der Waals surface area contributed by atoms with Crippen molar-refractivity contribution in [3.05, 3.63) is 64.6 Å². The molecule has 0 amide bonds. The van der Waals surface area contributed by atoms with Crippen LogP contribution in [0.2, 0.25) is 0 Å². The van der Waals surface area contributed by atoms with Crippen molar-refractivity contribution < 1.29 is 18.0 Å². The maximum Gasteiger partial charge on any atom is 0.437 e. The van der Waals surface area contributed by atoms with Gasteiger partial charge < -0.3 is 8.83 Å². The molecule has 0 bridgehead atoms. The Morgan fingerprint density at radius 2 is 2.00 bits per heavy atom. The van der Waals surface area contributed by atoms with Gasteiger partial charge in [-0.05, 0) is 36.4 Å². The standard InChI is InChI=1S/C14H9FN2O4/c15-10-5-3-9(4-6-10)11(18)8-17-14(19)21-13(16-17)12-2-1-7-20-12/h1-7H,8H2. The van der Waals surface area contributed by atoms with Crippen molar-refractivity contribution in [1.82, 2.24) is 9.78 Å². The quantitative estimate of drug-likeness (QED) is 0.687. The molecule has 3 aromatic rings. The van der Waals surface area contributed by atoms with Gasteiger partial charge in [0.05, 0.1) is 6.26 Å². The summed E-state index contributed by atoms with van der Waals surface area (Å²) in [4.78, 5) is 23.6. The Kier molecular flexibility index (Phi) is 3.23. The van der Waals surface area contributed by atoms with E-state index in [2.05, 4.69) is 5.10 Å². The van der Waals surface area contributed by atoms with Gasteiger partial charge in [-0.1, -0.05) is 0 Å². The Balaban J connectivity index is 1.83. The van der Waals surface area contributed by atoms with E-state index in [4.69, 9.17) is 8.83 Å². The van der Waals surface area contributed by atoms with Crippen LogP contribution in [0.1, 0.15) is 10.4 Å². The average Bonchev–Trinajstić information content (AvgIpc) is 3.10. The maximum absolute atomic E-state index is 12.8. The fourth-order valence-electron chi connectivity index (χ4n) is 1.77. The molecule has 0 unspecified atom stereocenters. The Morgan fingerprint density at radius 1 is 1.24 bits per heavy atom. The molecule has 0 aliphatic carbocycles. The van der Waals surface area contributed by atoms with E-state index in [1.807, 2.05) is 0 Å². The number of ketones is 1. The smallest absolute Gasteiger partial charge is 0.437 e. The summed E-state index contributed by atoms with van der Waals surface area (Å²) in [5.41, 5.74) is 0.283. The van der Waals surface area contributed by atoms with Crippen molar-refractivity contribution in [2.45, 2.75) is 6.54 Å². The highest BCUT2D eigenvalue weighted by Gasteiger charge is 2.15. The first-order chi connectivity index (χ1) is 10.1. The third-order valence-corrected chi connectivity index (χ3v) is 2.80. The Bertz CT molecular complexity index is 816. The molecule has 7 heteroatoms. The Labute approximate surface area is 117 Å². The number of hydrogen-bond donors (Lipinski definition) is 0. The molecule has 21 heavy (non-hydrogen) atoms. The predicted octanol–water partition coefficient (Wildman–Crippen LogP) is 2.12. The van der Waals surface area contributed by atoms with E-state index in [0.29, 0.717) is 5.76 Å². The number of halogens is 1. The average molecular weight is 288 g/mol. The highest BCUT2D eigenvalue weighted by Crippen LogP contribution is 2.15. The van der Waals surface area contributed by atoms with Crippen molar-refractivity contribution in [2.24, 2.45) is 0 Å². The number of carbonyl (C=O) groups is 1. The summed E-state index contributed by atoms with van der Waals surface area (Å²) in [6, 6.07) is 8.24. The van der Waals surface area contributed by atoms with E-state index in [-0.39, 0.29) is 23.8 Å². The number of hydrogen-bond acceptors (Lipinski definition) is 5. The monoisotopic (exact) mass is 288 g/mol. The first-order valence-corrected chi connectivity index (χ1v) is 6.04. The fraction of sp³-hybridized carbons (Fsp3) is 0.0714. The molecule has 3 rings (SSSR count). The van der Waals surface area contributed by atoms with E-state index in [1.54, 1.807) is 12.1 Å². The van der Waals surface area contributed by atoms with Gasteiger partial charge in [-0.3, -0.25) is 4.79 Å². The molecule has 6 nitrogen and oxygen atoms in total. The lowest BCUT2D eigenvalue weighted by molar-refractivity contribution is 0.0965. The van der Waals surface area contributed by atoms with Crippen LogP contribution in [0.25, 0.3) is 11.7 Å². The van der Waals surface area contributed by atoms with Crippen LogP contribution in [-0.2, 0) is 6.54 Å². The SMILES string of the molecule is O=C(Cn1nc(-c2ccco2)oc1=O)c1ccc(F)cc1. The van der Waals surface area contributed by atoms with Crippen LogP contribution >= 0.6 is 0 Å². The molecule has 0 N–H and O–H groups in total. The van der Waals surface area contributed by atoms with Crippen molar-refractivity contribution in [3.63, 3.8) is 0 Å². The van der Waals surface area contributed by atoms with Gasteiger partial charge in [0.15, 0.2) is 11.5 Å².